The van der Waals surface area contributed by atoms with Crippen molar-refractivity contribution in [1.29, 1.82) is 0 Å². The number of benzene rings is 3. The molecular formula is C33H38F3N7O2. The van der Waals surface area contributed by atoms with Gasteiger partial charge in [0, 0.05) is 49.5 Å². The number of nitrogens with zero attached hydrogens (tertiary/aromatic N) is 3. The summed E-state index contributed by atoms with van der Waals surface area (Å²) in [7, 11) is 3.97. The summed E-state index contributed by atoms with van der Waals surface area (Å²) in [6.45, 7) is 4.52. The van der Waals surface area contributed by atoms with Gasteiger partial charge < -0.3 is 30.9 Å². The molecule has 1 aliphatic rings. The predicted octanol–water partition coefficient (Wildman–Crippen LogP) is 7.37. The number of hydrogen-bond donors (Lipinski definition) is 4. The number of hydrogen-bond acceptors (Lipinski definition) is 7. The number of amides is 2. The molecule has 0 bridgehead atoms. The van der Waals surface area contributed by atoms with Gasteiger partial charge in [-0.05, 0) is 87.1 Å². The van der Waals surface area contributed by atoms with Gasteiger partial charge in [-0.1, -0.05) is 29.8 Å². The number of carbonyl (C=O) groups is 1. The fourth-order valence-corrected chi connectivity index (χ4v) is 5.73. The van der Waals surface area contributed by atoms with Gasteiger partial charge in [-0.3, -0.25) is 0 Å². The number of carbonyl (C=O) groups excluding carboxylic acids is 1. The molecule has 4 N–H and O–H groups in total. The number of fused-ring (bicyclic) bond motifs is 1. The first-order valence-corrected chi connectivity index (χ1v) is 14.9. The second kappa shape index (κ2) is 13.6. The molecular weight excluding hydrogens is 583 g/mol. The molecule has 45 heavy (non-hydrogen) atoms. The van der Waals surface area contributed by atoms with Crippen LogP contribution in [0.25, 0.3) is 10.9 Å². The molecule has 3 aromatic carbocycles. The largest absolute Gasteiger partial charge is 0.573 e. The minimum atomic E-state index is -4.78. The van der Waals surface area contributed by atoms with Crippen molar-refractivity contribution in [3.8, 4) is 5.75 Å². The van der Waals surface area contributed by atoms with Gasteiger partial charge in [0.15, 0.2) is 0 Å². The van der Waals surface area contributed by atoms with Gasteiger partial charge in [0.25, 0.3) is 0 Å². The lowest BCUT2D eigenvalue weighted by molar-refractivity contribution is -0.274. The summed E-state index contributed by atoms with van der Waals surface area (Å²) < 4.78 is 41.2. The number of halogens is 3. The fourth-order valence-electron chi connectivity index (χ4n) is 5.73. The van der Waals surface area contributed by atoms with E-state index in [1.54, 1.807) is 0 Å². The summed E-state index contributed by atoms with van der Waals surface area (Å²) in [5, 5.41) is 13.8. The predicted molar refractivity (Wildman–Crippen MR) is 172 cm³/mol. The van der Waals surface area contributed by atoms with E-state index >= 15 is 0 Å². The maximum atomic E-state index is 12.8. The molecule has 1 aliphatic carbocycles. The van der Waals surface area contributed by atoms with Crippen molar-refractivity contribution >= 4 is 40.1 Å². The monoisotopic (exact) mass is 621 g/mol. The Balaban J connectivity index is 1.16. The Bertz CT molecular complexity index is 1640. The molecule has 12 heteroatoms. The van der Waals surface area contributed by atoms with Gasteiger partial charge in [-0.15, -0.1) is 13.2 Å². The highest BCUT2D eigenvalue weighted by Crippen LogP contribution is 2.28. The molecule has 0 saturated heterocycles. The van der Waals surface area contributed by atoms with Gasteiger partial charge in [0.05, 0.1) is 5.52 Å². The van der Waals surface area contributed by atoms with Gasteiger partial charge in [0.1, 0.15) is 11.6 Å². The molecule has 0 aliphatic heterocycles. The summed E-state index contributed by atoms with van der Waals surface area (Å²) in [5.41, 5.74) is 4.89. The molecule has 238 valence electrons. The van der Waals surface area contributed by atoms with Gasteiger partial charge in [0.2, 0.25) is 5.95 Å². The second-order valence-electron chi connectivity index (χ2n) is 11.6. The summed E-state index contributed by atoms with van der Waals surface area (Å²) in [4.78, 5) is 24.4. The summed E-state index contributed by atoms with van der Waals surface area (Å²) >= 11 is 0. The Morgan fingerprint density at radius 1 is 0.933 bits per heavy atom. The second-order valence-corrected chi connectivity index (χ2v) is 11.6. The van der Waals surface area contributed by atoms with Crippen LogP contribution in [-0.4, -0.2) is 48.5 Å². The average Bonchev–Trinajstić information content (AvgIpc) is 2.98. The zero-order valence-corrected chi connectivity index (χ0v) is 25.8. The van der Waals surface area contributed by atoms with E-state index in [1.165, 1.54) is 12.1 Å². The quantitative estimate of drug-likeness (QED) is 0.155. The number of urea groups is 1. The average molecular weight is 622 g/mol. The third-order valence-electron chi connectivity index (χ3n) is 7.79. The minimum Gasteiger partial charge on any atom is -0.406 e. The van der Waals surface area contributed by atoms with Crippen molar-refractivity contribution in [2.45, 2.75) is 64.5 Å². The van der Waals surface area contributed by atoms with Crippen LogP contribution in [0, 0.1) is 13.8 Å². The van der Waals surface area contributed by atoms with Crippen molar-refractivity contribution in [2.24, 2.45) is 0 Å². The number of anilines is 4. The van der Waals surface area contributed by atoms with E-state index in [2.05, 4.69) is 26.0 Å². The van der Waals surface area contributed by atoms with Crippen molar-refractivity contribution in [2.75, 3.05) is 34.9 Å². The van der Waals surface area contributed by atoms with Crippen molar-refractivity contribution in [3.63, 3.8) is 0 Å². The van der Waals surface area contributed by atoms with Gasteiger partial charge in [-0.2, -0.15) is 4.98 Å². The molecule has 1 saturated carbocycles. The molecule has 1 heterocycles. The van der Waals surface area contributed by atoms with Crippen LogP contribution < -0.4 is 30.9 Å². The Hall–Kier alpha value is -4.58. The molecule has 9 nitrogen and oxygen atoms in total. The third-order valence-corrected chi connectivity index (χ3v) is 7.79. The first-order valence-electron chi connectivity index (χ1n) is 14.9. The van der Waals surface area contributed by atoms with Crippen LogP contribution in [0.3, 0.4) is 0 Å². The number of ether oxygens (including phenoxy) is 1. The maximum Gasteiger partial charge on any atom is 0.573 e. The molecule has 4 aromatic rings. The lowest BCUT2D eigenvalue weighted by atomic mass is 9.91. The fraction of sp³-hybridized carbons (Fsp3) is 0.364. The van der Waals surface area contributed by atoms with E-state index in [9.17, 15) is 18.0 Å². The number of aromatic nitrogens is 2. The molecule has 0 unspecified atom stereocenters. The number of aryl methyl sites for hydroxylation is 2. The van der Waals surface area contributed by atoms with Gasteiger partial charge >= 0.3 is 12.4 Å². The standard InChI is InChI=1S/C33H38F3N7O2/c1-20-17-21(2)29(41-32(44)39-25-13-15-26(16-14-25)45-33(34,35)36)22(18-20)19-37-23-9-11-24(12-10-23)38-31-40-28-8-6-5-7-27(28)30(42-31)43(3)4/h5-8,13-18,23-24,37H,9-12,19H2,1-4H3,(H,38,40,42)(H2,39,41,44). The topological polar surface area (TPSA) is 103 Å². The lowest BCUT2D eigenvalue weighted by Crippen LogP contribution is -2.37. The van der Waals surface area contributed by atoms with Crippen LogP contribution >= 0.6 is 0 Å². The third kappa shape index (κ3) is 8.53. The van der Waals surface area contributed by atoms with Crippen LogP contribution in [0.1, 0.15) is 42.4 Å². The van der Waals surface area contributed by atoms with Crippen LogP contribution in [0.5, 0.6) is 5.75 Å². The number of alkyl halides is 3. The Kier molecular flexibility index (Phi) is 9.62. The van der Waals surface area contributed by atoms with Gasteiger partial charge in [-0.25, -0.2) is 9.78 Å². The van der Waals surface area contributed by atoms with Crippen LogP contribution in [0.15, 0.2) is 60.7 Å². The van der Waals surface area contributed by atoms with Crippen molar-refractivity contribution in [3.05, 3.63) is 77.4 Å². The number of nitrogens with one attached hydrogen (secondary N) is 4. The smallest absolute Gasteiger partial charge is 0.406 e. The lowest BCUT2D eigenvalue weighted by Gasteiger charge is -2.30. The van der Waals surface area contributed by atoms with Crippen molar-refractivity contribution < 1.29 is 22.7 Å². The van der Waals surface area contributed by atoms with Crippen LogP contribution in [0.2, 0.25) is 0 Å². The normalized spacial score (nSPS) is 16.7. The van der Waals surface area contributed by atoms with E-state index in [4.69, 9.17) is 9.97 Å². The van der Waals surface area contributed by atoms with E-state index in [0.29, 0.717) is 29.9 Å². The highest BCUT2D eigenvalue weighted by atomic mass is 19.4. The van der Waals surface area contributed by atoms with E-state index in [1.807, 2.05) is 69.2 Å². The Labute approximate surface area is 260 Å². The summed E-state index contributed by atoms with van der Waals surface area (Å²) in [6, 6.07) is 17.2. The number of para-hydroxylation sites is 1. The van der Waals surface area contributed by atoms with Crippen LogP contribution in [-0.2, 0) is 6.54 Å². The summed E-state index contributed by atoms with van der Waals surface area (Å²) in [6.07, 6.45) is -0.877. The molecule has 0 radical (unpaired) electrons. The molecule has 2 amide bonds. The zero-order chi connectivity index (χ0) is 32.1. The first-order chi connectivity index (χ1) is 21.4. The molecule has 1 aromatic heterocycles. The molecule has 0 atom stereocenters. The Morgan fingerprint density at radius 3 is 2.31 bits per heavy atom. The molecule has 0 spiro atoms. The van der Waals surface area contributed by atoms with E-state index in [0.717, 1.165) is 71.2 Å². The first kappa shape index (κ1) is 31.8. The van der Waals surface area contributed by atoms with Crippen molar-refractivity contribution in [1.82, 2.24) is 15.3 Å². The SMILES string of the molecule is Cc1cc(C)c(NC(=O)Nc2ccc(OC(F)(F)F)cc2)c(CNC2CCC(Nc3nc(N(C)C)c4ccccc4n3)CC2)c1. The van der Waals surface area contributed by atoms with E-state index < -0.39 is 12.4 Å². The molecule has 1 fully saturated rings. The maximum absolute atomic E-state index is 12.8. The summed E-state index contributed by atoms with van der Waals surface area (Å²) in [5.74, 6) is 1.17. The molecule has 5 rings (SSSR count). The Morgan fingerprint density at radius 2 is 1.62 bits per heavy atom. The zero-order valence-electron chi connectivity index (χ0n) is 25.8. The minimum absolute atomic E-state index is 0.274. The number of rotatable bonds is 9. The highest BCUT2D eigenvalue weighted by Gasteiger charge is 2.31. The van der Waals surface area contributed by atoms with Crippen LogP contribution in [0.4, 0.5) is 41.1 Å². The van der Waals surface area contributed by atoms with E-state index in [-0.39, 0.29) is 11.8 Å². The highest BCUT2D eigenvalue weighted by molar-refractivity contribution is 6.00.